The molecular weight excluding hydrogens is 316 g/mol. The van der Waals surface area contributed by atoms with E-state index < -0.39 is 17.2 Å². The Morgan fingerprint density at radius 1 is 1.12 bits per heavy atom. The molecule has 1 heterocycles. The molecule has 2 rings (SSSR count). The molecule has 138 valence electrons. The van der Waals surface area contributed by atoms with Crippen LogP contribution in [-0.2, 0) is 9.53 Å². The van der Waals surface area contributed by atoms with Gasteiger partial charge in [-0.3, -0.25) is 4.79 Å². The number of amides is 2. The zero-order valence-electron chi connectivity index (χ0n) is 16.2. The van der Waals surface area contributed by atoms with Crippen LogP contribution in [-0.4, -0.2) is 34.6 Å². The van der Waals surface area contributed by atoms with Gasteiger partial charge in [0.1, 0.15) is 11.1 Å². The van der Waals surface area contributed by atoms with Crippen LogP contribution in [0.1, 0.15) is 64.6 Å². The minimum absolute atomic E-state index is 0.0628. The second-order valence-corrected chi connectivity index (χ2v) is 8.32. The summed E-state index contributed by atoms with van der Waals surface area (Å²) in [7, 11) is 0. The average molecular weight is 346 g/mol. The lowest BCUT2D eigenvalue weighted by atomic mass is 9.99. The highest BCUT2D eigenvalue weighted by Crippen LogP contribution is 2.33. The van der Waals surface area contributed by atoms with Crippen molar-refractivity contribution in [3.8, 4) is 0 Å². The van der Waals surface area contributed by atoms with Gasteiger partial charge in [0.2, 0.25) is 5.91 Å². The molecule has 1 fully saturated rings. The van der Waals surface area contributed by atoms with E-state index in [1.807, 2.05) is 4.90 Å². The fraction of sp³-hybridized carbons (Fsp3) is 0.600. The second-order valence-electron chi connectivity index (χ2n) is 8.32. The number of carbonyl (C=O) groups excluding carboxylic acids is 2. The summed E-state index contributed by atoms with van der Waals surface area (Å²) in [5, 5.41) is 2.72. The summed E-state index contributed by atoms with van der Waals surface area (Å²) >= 11 is 0. The largest absolute Gasteiger partial charge is 0.444 e. The first-order valence-electron chi connectivity index (χ1n) is 8.88. The van der Waals surface area contributed by atoms with Crippen LogP contribution >= 0.6 is 0 Å². The lowest BCUT2D eigenvalue weighted by molar-refractivity contribution is -0.138. The number of nitrogens with zero attached hydrogens (tertiary/aromatic N) is 1. The summed E-state index contributed by atoms with van der Waals surface area (Å²) in [4.78, 5) is 27.0. The van der Waals surface area contributed by atoms with E-state index in [2.05, 4.69) is 36.5 Å². The Labute approximate surface area is 150 Å². The second kappa shape index (κ2) is 7.06. The van der Waals surface area contributed by atoms with Crippen LogP contribution in [0.4, 0.5) is 4.79 Å². The van der Waals surface area contributed by atoms with Gasteiger partial charge in [0.05, 0.1) is 6.04 Å². The summed E-state index contributed by atoms with van der Waals surface area (Å²) in [5.41, 5.74) is 0.729. The first kappa shape index (κ1) is 19.3. The van der Waals surface area contributed by atoms with Crippen LogP contribution in [0.3, 0.4) is 0 Å². The van der Waals surface area contributed by atoms with Crippen molar-refractivity contribution in [2.45, 2.75) is 71.6 Å². The van der Waals surface area contributed by atoms with Crippen LogP contribution in [0, 0.1) is 6.92 Å². The summed E-state index contributed by atoms with van der Waals surface area (Å²) in [5.74, 6) is -0.0820. The summed E-state index contributed by atoms with van der Waals surface area (Å²) in [6.45, 7) is 11.6. The maximum absolute atomic E-state index is 13.1. The van der Waals surface area contributed by atoms with Crippen molar-refractivity contribution in [3.05, 3.63) is 35.4 Å². The number of carbonyl (C=O) groups is 2. The topological polar surface area (TPSA) is 58.6 Å². The minimum atomic E-state index is -1.02. The standard InChI is InChI=1S/C20H30N2O3/c1-14-9-11-15(12-10-14)16-8-7-13-22(16)17(23)20(5,6)21-18(24)25-19(2,3)4/h9-12,16H,7-8,13H2,1-6H3,(H,21,24). The molecule has 1 atom stereocenters. The number of hydrogen-bond donors (Lipinski definition) is 1. The number of ether oxygens (including phenoxy) is 1. The molecule has 0 saturated carbocycles. The fourth-order valence-corrected chi connectivity index (χ4v) is 3.12. The number of alkyl carbamates (subject to hydrolysis) is 1. The number of benzene rings is 1. The van der Waals surface area contributed by atoms with Crippen molar-refractivity contribution in [1.29, 1.82) is 0 Å². The van der Waals surface area contributed by atoms with Gasteiger partial charge in [-0.2, -0.15) is 0 Å². The van der Waals surface area contributed by atoms with Gasteiger partial charge >= 0.3 is 6.09 Å². The maximum Gasteiger partial charge on any atom is 0.408 e. The van der Waals surface area contributed by atoms with Crippen molar-refractivity contribution < 1.29 is 14.3 Å². The van der Waals surface area contributed by atoms with E-state index in [1.54, 1.807) is 34.6 Å². The van der Waals surface area contributed by atoms with Gasteiger partial charge in [0.15, 0.2) is 0 Å². The highest BCUT2D eigenvalue weighted by molar-refractivity contribution is 5.89. The molecule has 0 radical (unpaired) electrons. The molecule has 1 aromatic rings. The molecule has 1 unspecified atom stereocenters. The number of rotatable bonds is 3. The summed E-state index contributed by atoms with van der Waals surface area (Å²) < 4.78 is 5.29. The number of hydrogen-bond acceptors (Lipinski definition) is 3. The van der Waals surface area contributed by atoms with E-state index in [9.17, 15) is 9.59 Å². The van der Waals surface area contributed by atoms with Crippen LogP contribution in [0.5, 0.6) is 0 Å². The zero-order valence-corrected chi connectivity index (χ0v) is 16.2. The van der Waals surface area contributed by atoms with Gasteiger partial charge in [-0.1, -0.05) is 29.8 Å². The molecule has 2 amide bonds. The van der Waals surface area contributed by atoms with Crippen molar-refractivity contribution in [3.63, 3.8) is 0 Å². The van der Waals surface area contributed by atoms with Crippen molar-refractivity contribution in [2.24, 2.45) is 0 Å². The lowest BCUT2D eigenvalue weighted by Crippen LogP contribution is -2.56. The Balaban J connectivity index is 2.11. The van der Waals surface area contributed by atoms with Gasteiger partial charge in [-0.05, 0) is 59.9 Å². The highest BCUT2D eigenvalue weighted by Gasteiger charge is 2.40. The molecule has 0 aromatic heterocycles. The Bertz CT molecular complexity index is 629. The normalized spacial score (nSPS) is 18.2. The quantitative estimate of drug-likeness (QED) is 0.901. The molecule has 1 aliphatic heterocycles. The molecule has 1 aromatic carbocycles. The Kier molecular flexibility index (Phi) is 5.45. The highest BCUT2D eigenvalue weighted by atomic mass is 16.6. The molecule has 1 saturated heterocycles. The molecule has 0 aliphatic carbocycles. The molecule has 0 bridgehead atoms. The lowest BCUT2D eigenvalue weighted by Gasteiger charge is -2.34. The van der Waals surface area contributed by atoms with Crippen molar-refractivity contribution >= 4 is 12.0 Å². The first-order valence-corrected chi connectivity index (χ1v) is 8.88. The predicted octanol–water partition coefficient (Wildman–Crippen LogP) is 3.96. The molecule has 0 spiro atoms. The molecule has 5 nitrogen and oxygen atoms in total. The predicted molar refractivity (Wildman–Crippen MR) is 98.3 cm³/mol. The molecule has 1 aliphatic rings. The van der Waals surface area contributed by atoms with Gasteiger partial charge < -0.3 is 15.0 Å². The van der Waals surface area contributed by atoms with Crippen molar-refractivity contribution in [2.75, 3.05) is 6.54 Å². The summed E-state index contributed by atoms with van der Waals surface area (Å²) in [6.07, 6.45) is 1.33. The Hall–Kier alpha value is -2.04. The molecule has 25 heavy (non-hydrogen) atoms. The maximum atomic E-state index is 13.1. The van der Waals surface area contributed by atoms with E-state index in [0.29, 0.717) is 6.54 Å². The van der Waals surface area contributed by atoms with Gasteiger partial charge in [-0.15, -0.1) is 0 Å². The monoisotopic (exact) mass is 346 g/mol. The number of likely N-dealkylation sites (tertiary alicyclic amines) is 1. The van der Waals surface area contributed by atoms with E-state index in [0.717, 1.165) is 18.4 Å². The molecule has 1 N–H and O–H groups in total. The fourth-order valence-electron chi connectivity index (χ4n) is 3.12. The van der Waals surface area contributed by atoms with E-state index in [-0.39, 0.29) is 11.9 Å². The first-order chi connectivity index (χ1) is 11.5. The minimum Gasteiger partial charge on any atom is -0.444 e. The van der Waals surface area contributed by atoms with Gasteiger partial charge in [0, 0.05) is 6.54 Å². The molecule has 5 heteroatoms. The van der Waals surface area contributed by atoms with Crippen LogP contribution in [0.25, 0.3) is 0 Å². The van der Waals surface area contributed by atoms with Crippen LogP contribution in [0.2, 0.25) is 0 Å². The van der Waals surface area contributed by atoms with Crippen LogP contribution in [0.15, 0.2) is 24.3 Å². The number of nitrogens with one attached hydrogen (secondary N) is 1. The SMILES string of the molecule is Cc1ccc(C2CCCN2C(=O)C(C)(C)NC(=O)OC(C)(C)C)cc1. The Morgan fingerprint density at radius 2 is 1.72 bits per heavy atom. The molecular formula is C20H30N2O3. The van der Waals surface area contributed by atoms with Gasteiger partial charge in [-0.25, -0.2) is 4.79 Å². The third-order valence-electron chi connectivity index (χ3n) is 4.32. The smallest absolute Gasteiger partial charge is 0.408 e. The Morgan fingerprint density at radius 3 is 2.28 bits per heavy atom. The summed E-state index contributed by atoms with van der Waals surface area (Å²) in [6, 6.07) is 8.37. The van der Waals surface area contributed by atoms with E-state index in [4.69, 9.17) is 4.74 Å². The van der Waals surface area contributed by atoms with Crippen molar-refractivity contribution in [1.82, 2.24) is 10.2 Å². The number of aryl methyl sites for hydroxylation is 1. The van der Waals surface area contributed by atoms with Crippen LogP contribution < -0.4 is 5.32 Å². The van der Waals surface area contributed by atoms with E-state index >= 15 is 0 Å². The third kappa shape index (κ3) is 4.97. The zero-order chi connectivity index (χ0) is 18.8. The average Bonchev–Trinajstić information content (AvgIpc) is 2.93. The van der Waals surface area contributed by atoms with Gasteiger partial charge in [0.25, 0.3) is 0 Å². The third-order valence-corrected chi connectivity index (χ3v) is 4.32. The van der Waals surface area contributed by atoms with E-state index in [1.165, 1.54) is 5.56 Å².